The average Bonchev–Trinajstić information content (AvgIpc) is 2.77. The molecule has 3 aromatic heterocycles. The Bertz CT molecular complexity index is 898. The summed E-state index contributed by atoms with van der Waals surface area (Å²) in [5.74, 6) is 0. The van der Waals surface area contributed by atoms with E-state index in [1.165, 1.54) is 0 Å². The average molecular weight is 255 g/mol. The summed E-state index contributed by atoms with van der Waals surface area (Å²) < 4.78 is 5.86. The number of nitrogens with zero attached hydrogens (tertiary/aromatic N) is 2. The number of pyridine rings is 2. The van der Waals surface area contributed by atoms with Crippen LogP contribution in [0.1, 0.15) is 0 Å². The van der Waals surface area contributed by atoms with E-state index in [2.05, 4.69) is 9.97 Å². The fourth-order valence-electron chi connectivity index (χ4n) is 2.24. The van der Waals surface area contributed by atoms with E-state index in [1.807, 2.05) is 30.5 Å². The zero-order valence-electron chi connectivity index (χ0n) is 9.22. The lowest BCUT2D eigenvalue weighted by atomic mass is 10.1. The van der Waals surface area contributed by atoms with Crippen LogP contribution in [0.25, 0.3) is 32.8 Å². The normalized spacial score (nSPS) is 11.6. The molecular weight excluding hydrogens is 248 g/mol. The molecular formula is C14H7ClN2O. The number of furan rings is 1. The van der Waals surface area contributed by atoms with Crippen LogP contribution in [-0.4, -0.2) is 9.97 Å². The minimum Gasteiger partial charge on any atom is -0.454 e. The lowest BCUT2D eigenvalue weighted by molar-refractivity contribution is 0.670. The Hall–Kier alpha value is -2.13. The molecule has 1 aromatic carbocycles. The number of hydrogen-bond acceptors (Lipinski definition) is 3. The maximum Gasteiger partial charge on any atom is 0.153 e. The molecule has 4 rings (SSSR count). The minimum atomic E-state index is 0.457. The lowest BCUT2D eigenvalue weighted by Gasteiger charge is -1.96. The van der Waals surface area contributed by atoms with E-state index in [4.69, 9.17) is 16.0 Å². The predicted octanol–water partition coefficient (Wildman–Crippen LogP) is 4.18. The van der Waals surface area contributed by atoms with Crippen molar-refractivity contribution in [3.8, 4) is 0 Å². The molecule has 3 heterocycles. The first-order chi connectivity index (χ1) is 8.83. The van der Waals surface area contributed by atoms with Crippen molar-refractivity contribution in [1.29, 1.82) is 0 Å². The fraction of sp³-hybridized carbons (Fsp3) is 0. The highest BCUT2D eigenvalue weighted by molar-refractivity contribution is 6.30. The van der Waals surface area contributed by atoms with Gasteiger partial charge in [0, 0.05) is 22.4 Å². The topological polar surface area (TPSA) is 38.9 Å². The summed E-state index contributed by atoms with van der Waals surface area (Å²) in [5, 5.41) is 3.37. The van der Waals surface area contributed by atoms with E-state index in [0.717, 1.165) is 32.8 Å². The predicted molar refractivity (Wildman–Crippen MR) is 71.8 cm³/mol. The number of fused-ring (bicyclic) bond motifs is 5. The second-order valence-electron chi connectivity index (χ2n) is 4.12. The van der Waals surface area contributed by atoms with E-state index >= 15 is 0 Å². The van der Waals surface area contributed by atoms with Crippen molar-refractivity contribution in [2.75, 3.05) is 0 Å². The minimum absolute atomic E-state index is 0.457. The Morgan fingerprint density at radius 3 is 2.78 bits per heavy atom. The van der Waals surface area contributed by atoms with Crippen LogP contribution in [-0.2, 0) is 0 Å². The van der Waals surface area contributed by atoms with Crippen molar-refractivity contribution in [3.05, 3.63) is 47.9 Å². The van der Waals surface area contributed by atoms with Crippen molar-refractivity contribution >= 4 is 44.4 Å². The Labute approximate surface area is 107 Å². The molecule has 0 atom stereocenters. The van der Waals surface area contributed by atoms with Gasteiger partial charge in [-0.15, -0.1) is 0 Å². The monoisotopic (exact) mass is 254 g/mol. The molecule has 4 aromatic rings. The molecule has 0 bridgehead atoms. The number of aromatic nitrogens is 2. The van der Waals surface area contributed by atoms with Crippen molar-refractivity contribution in [2.45, 2.75) is 0 Å². The van der Waals surface area contributed by atoms with Crippen LogP contribution < -0.4 is 0 Å². The third-order valence-corrected chi connectivity index (χ3v) is 3.27. The first kappa shape index (κ1) is 9.85. The van der Waals surface area contributed by atoms with Crippen LogP contribution in [0, 0.1) is 0 Å². The van der Waals surface area contributed by atoms with Crippen molar-refractivity contribution in [2.24, 2.45) is 0 Å². The Morgan fingerprint density at radius 1 is 0.944 bits per heavy atom. The Balaban J connectivity index is 2.30. The van der Waals surface area contributed by atoms with Gasteiger partial charge in [0.1, 0.15) is 10.7 Å². The molecule has 0 spiro atoms. The van der Waals surface area contributed by atoms with E-state index < -0.39 is 0 Å². The zero-order valence-corrected chi connectivity index (χ0v) is 9.98. The van der Waals surface area contributed by atoms with Gasteiger partial charge in [0.15, 0.2) is 5.58 Å². The molecule has 3 nitrogen and oxygen atoms in total. The van der Waals surface area contributed by atoms with Gasteiger partial charge in [-0.2, -0.15) is 0 Å². The van der Waals surface area contributed by atoms with E-state index in [-0.39, 0.29) is 0 Å². The molecule has 0 aliphatic carbocycles. The number of benzene rings is 1. The van der Waals surface area contributed by atoms with Gasteiger partial charge in [-0.05, 0) is 18.2 Å². The Morgan fingerprint density at radius 2 is 1.83 bits per heavy atom. The van der Waals surface area contributed by atoms with Gasteiger partial charge < -0.3 is 4.42 Å². The summed E-state index contributed by atoms with van der Waals surface area (Å²) in [5.41, 5.74) is 2.48. The maximum atomic E-state index is 5.92. The summed E-state index contributed by atoms with van der Waals surface area (Å²) in [6, 6.07) is 9.71. The van der Waals surface area contributed by atoms with E-state index in [9.17, 15) is 0 Å². The first-order valence-electron chi connectivity index (χ1n) is 5.54. The van der Waals surface area contributed by atoms with Gasteiger partial charge in [0.25, 0.3) is 0 Å². The fourth-order valence-corrected chi connectivity index (χ4v) is 2.39. The number of para-hydroxylation sites is 1. The highest BCUT2D eigenvalue weighted by Crippen LogP contribution is 2.33. The largest absolute Gasteiger partial charge is 0.454 e. The van der Waals surface area contributed by atoms with Crippen LogP contribution in [0.15, 0.2) is 47.1 Å². The second-order valence-corrected chi connectivity index (χ2v) is 4.51. The lowest BCUT2D eigenvalue weighted by Crippen LogP contribution is -1.78. The highest BCUT2D eigenvalue weighted by Gasteiger charge is 2.11. The molecule has 0 fully saturated rings. The standard InChI is InChI=1S/C14H7ClN2O/c15-13-5-9-10-6-16-11-4-2-1-3-8(11)14(10)18-12(9)7-17-13/h1-7H. The molecule has 0 radical (unpaired) electrons. The molecule has 0 unspecified atom stereocenters. The van der Waals surface area contributed by atoms with Crippen LogP contribution >= 0.6 is 11.6 Å². The molecule has 0 N–H and O–H groups in total. The summed E-state index contributed by atoms with van der Waals surface area (Å²) in [6.07, 6.45) is 3.46. The summed E-state index contributed by atoms with van der Waals surface area (Å²) >= 11 is 5.92. The smallest absolute Gasteiger partial charge is 0.153 e. The molecule has 0 aliphatic heterocycles. The van der Waals surface area contributed by atoms with Crippen LogP contribution in [0.4, 0.5) is 0 Å². The quantitative estimate of drug-likeness (QED) is 0.442. The summed E-state index contributed by atoms with van der Waals surface area (Å²) in [6.45, 7) is 0. The Kier molecular flexibility index (Phi) is 1.88. The zero-order chi connectivity index (χ0) is 12.1. The van der Waals surface area contributed by atoms with Gasteiger partial charge in [-0.1, -0.05) is 23.7 Å². The number of hydrogen-bond donors (Lipinski definition) is 0. The SMILES string of the molecule is Clc1cc2c(cn1)oc1c3ccccc3ncc21. The van der Waals surface area contributed by atoms with E-state index in [1.54, 1.807) is 12.3 Å². The van der Waals surface area contributed by atoms with Gasteiger partial charge in [0.05, 0.1) is 11.7 Å². The molecule has 18 heavy (non-hydrogen) atoms. The molecule has 0 saturated heterocycles. The summed E-state index contributed by atoms with van der Waals surface area (Å²) in [4.78, 5) is 8.47. The molecule has 0 aliphatic rings. The molecule has 0 saturated carbocycles. The molecule has 0 amide bonds. The van der Waals surface area contributed by atoms with E-state index in [0.29, 0.717) is 5.15 Å². The summed E-state index contributed by atoms with van der Waals surface area (Å²) in [7, 11) is 0. The van der Waals surface area contributed by atoms with Crippen molar-refractivity contribution in [1.82, 2.24) is 9.97 Å². The van der Waals surface area contributed by atoms with Gasteiger partial charge in [0.2, 0.25) is 0 Å². The molecule has 86 valence electrons. The van der Waals surface area contributed by atoms with Crippen LogP contribution in [0.3, 0.4) is 0 Å². The van der Waals surface area contributed by atoms with Gasteiger partial charge in [-0.25, -0.2) is 4.98 Å². The molecule has 4 heteroatoms. The van der Waals surface area contributed by atoms with Crippen LogP contribution in [0.2, 0.25) is 5.15 Å². The number of rotatable bonds is 0. The van der Waals surface area contributed by atoms with Crippen molar-refractivity contribution in [3.63, 3.8) is 0 Å². The third kappa shape index (κ3) is 1.25. The second kappa shape index (κ2) is 3.43. The van der Waals surface area contributed by atoms with Gasteiger partial charge in [-0.3, -0.25) is 4.98 Å². The van der Waals surface area contributed by atoms with Gasteiger partial charge >= 0.3 is 0 Å². The number of halogens is 1. The van der Waals surface area contributed by atoms with Crippen molar-refractivity contribution < 1.29 is 4.42 Å². The maximum absolute atomic E-state index is 5.92. The third-order valence-electron chi connectivity index (χ3n) is 3.06. The van der Waals surface area contributed by atoms with Crippen LogP contribution in [0.5, 0.6) is 0 Å². The highest BCUT2D eigenvalue weighted by atomic mass is 35.5. The first-order valence-corrected chi connectivity index (χ1v) is 5.92.